The van der Waals surface area contributed by atoms with E-state index < -0.39 is 0 Å². The van der Waals surface area contributed by atoms with E-state index in [-0.39, 0.29) is 0 Å². The van der Waals surface area contributed by atoms with Crippen molar-refractivity contribution in [3.8, 4) is 0 Å². The van der Waals surface area contributed by atoms with Crippen LogP contribution < -0.4 is 5.32 Å². The normalized spacial score (nSPS) is 10.9. The number of nitrogens with one attached hydrogen (secondary N) is 1. The van der Waals surface area contributed by atoms with E-state index in [0.29, 0.717) is 5.92 Å². The van der Waals surface area contributed by atoms with Gasteiger partial charge in [-0.2, -0.15) is 0 Å². The van der Waals surface area contributed by atoms with Gasteiger partial charge in [-0.25, -0.2) is 0 Å². The number of pyridine rings is 1. The minimum atomic E-state index is 0.622. The van der Waals surface area contributed by atoms with Gasteiger partial charge < -0.3 is 10.1 Å². The van der Waals surface area contributed by atoms with Crippen molar-refractivity contribution < 1.29 is 4.74 Å². The van der Waals surface area contributed by atoms with Gasteiger partial charge in [-0.05, 0) is 36.6 Å². The number of rotatable bonds is 8. The van der Waals surface area contributed by atoms with Gasteiger partial charge in [-0.1, -0.05) is 13.8 Å². The summed E-state index contributed by atoms with van der Waals surface area (Å²) in [5.74, 6) is 0.622. The summed E-state index contributed by atoms with van der Waals surface area (Å²) in [5, 5.41) is 3.36. The van der Waals surface area contributed by atoms with Gasteiger partial charge in [0.05, 0.1) is 6.61 Å². The fourth-order valence-electron chi connectivity index (χ4n) is 1.37. The van der Waals surface area contributed by atoms with Gasteiger partial charge in [0.1, 0.15) is 0 Å². The van der Waals surface area contributed by atoms with Gasteiger partial charge in [0.15, 0.2) is 0 Å². The quantitative estimate of drug-likeness (QED) is 0.682. The molecule has 1 N–H and O–H groups in total. The number of hydrogen-bond acceptors (Lipinski definition) is 3. The van der Waals surface area contributed by atoms with E-state index in [0.717, 1.165) is 32.7 Å². The zero-order valence-corrected chi connectivity index (χ0v) is 10.3. The van der Waals surface area contributed by atoms with Crippen LogP contribution >= 0.6 is 0 Å². The van der Waals surface area contributed by atoms with E-state index in [2.05, 4.69) is 36.3 Å². The standard InChI is InChI=1S/C13H22N2O/c1-12(2)11-16-10-9-15-8-5-13-3-6-14-7-4-13/h3-4,6-7,12,15H,5,8-11H2,1-2H3. The zero-order chi connectivity index (χ0) is 11.6. The Morgan fingerprint density at radius 3 is 2.69 bits per heavy atom. The molecule has 0 bridgehead atoms. The summed E-state index contributed by atoms with van der Waals surface area (Å²) in [6, 6.07) is 4.11. The predicted octanol–water partition coefficient (Wildman–Crippen LogP) is 1.89. The molecule has 3 nitrogen and oxygen atoms in total. The van der Waals surface area contributed by atoms with Crippen molar-refractivity contribution in [2.24, 2.45) is 5.92 Å². The van der Waals surface area contributed by atoms with Crippen LogP contribution in [0.3, 0.4) is 0 Å². The lowest BCUT2D eigenvalue weighted by Crippen LogP contribution is -2.22. The lowest BCUT2D eigenvalue weighted by molar-refractivity contribution is 0.112. The third kappa shape index (κ3) is 6.53. The van der Waals surface area contributed by atoms with E-state index in [1.807, 2.05) is 12.4 Å². The molecule has 0 saturated carbocycles. The summed E-state index contributed by atoms with van der Waals surface area (Å²) in [4.78, 5) is 3.99. The van der Waals surface area contributed by atoms with Crippen LogP contribution in [0.5, 0.6) is 0 Å². The van der Waals surface area contributed by atoms with Crippen molar-refractivity contribution in [2.45, 2.75) is 20.3 Å². The number of nitrogens with zero attached hydrogens (tertiary/aromatic N) is 1. The first kappa shape index (κ1) is 13.1. The maximum Gasteiger partial charge on any atom is 0.0591 e. The Balaban J connectivity index is 1.93. The molecular weight excluding hydrogens is 200 g/mol. The Hall–Kier alpha value is -0.930. The summed E-state index contributed by atoms with van der Waals surface area (Å²) in [5.41, 5.74) is 1.32. The summed E-state index contributed by atoms with van der Waals surface area (Å²) < 4.78 is 5.47. The van der Waals surface area contributed by atoms with E-state index in [9.17, 15) is 0 Å². The molecule has 0 unspecified atom stereocenters. The summed E-state index contributed by atoms with van der Waals surface area (Å²) >= 11 is 0. The molecule has 90 valence electrons. The monoisotopic (exact) mass is 222 g/mol. The molecule has 1 aromatic rings. The predicted molar refractivity (Wildman–Crippen MR) is 66.5 cm³/mol. The van der Waals surface area contributed by atoms with Crippen LogP contribution in [0.2, 0.25) is 0 Å². The second-order valence-electron chi connectivity index (χ2n) is 4.32. The van der Waals surface area contributed by atoms with E-state index in [4.69, 9.17) is 4.74 Å². The second-order valence-corrected chi connectivity index (χ2v) is 4.32. The fourth-order valence-corrected chi connectivity index (χ4v) is 1.37. The lowest BCUT2D eigenvalue weighted by Gasteiger charge is -2.07. The maximum absolute atomic E-state index is 5.47. The Labute approximate surface area is 98.2 Å². The lowest BCUT2D eigenvalue weighted by atomic mass is 10.2. The van der Waals surface area contributed by atoms with Gasteiger partial charge in [0.25, 0.3) is 0 Å². The Bertz CT molecular complexity index is 262. The van der Waals surface area contributed by atoms with Crippen LogP contribution in [0.1, 0.15) is 19.4 Å². The van der Waals surface area contributed by atoms with Gasteiger partial charge in [-0.15, -0.1) is 0 Å². The van der Waals surface area contributed by atoms with Gasteiger partial charge in [0.2, 0.25) is 0 Å². The Morgan fingerprint density at radius 1 is 1.25 bits per heavy atom. The highest BCUT2D eigenvalue weighted by molar-refractivity contribution is 5.09. The average Bonchev–Trinajstić information content (AvgIpc) is 2.29. The van der Waals surface area contributed by atoms with Gasteiger partial charge in [0, 0.05) is 25.5 Å². The molecule has 0 aromatic carbocycles. The smallest absolute Gasteiger partial charge is 0.0591 e. The van der Waals surface area contributed by atoms with Crippen molar-refractivity contribution in [1.82, 2.24) is 10.3 Å². The molecule has 0 spiro atoms. The molecule has 0 aliphatic rings. The van der Waals surface area contributed by atoms with Gasteiger partial charge >= 0.3 is 0 Å². The van der Waals surface area contributed by atoms with Crippen LogP contribution in [-0.2, 0) is 11.2 Å². The van der Waals surface area contributed by atoms with Gasteiger partial charge in [-0.3, -0.25) is 4.98 Å². The first-order valence-corrected chi connectivity index (χ1v) is 5.96. The van der Waals surface area contributed by atoms with Crippen molar-refractivity contribution in [1.29, 1.82) is 0 Å². The molecule has 0 atom stereocenters. The maximum atomic E-state index is 5.47. The third-order valence-corrected chi connectivity index (χ3v) is 2.21. The molecule has 1 heterocycles. The molecule has 0 aliphatic heterocycles. The molecule has 0 saturated heterocycles. The molecule has 1 rings (SSSR count). The molecule has 0 radical (unpaired) electrons. The molecule has 0 aliphatic carbocycles. The first-order chi connectivity index (χ1) is 7.79. The second kappa shape index (κ2) is 8.25. The number of hydrogen-bond donors (Lipinski definition) is 1. The molecule has 16 heavy (non-hydrogen) atoms. The topological polar surface area (TPSA) is 34.1 Å². The zero-order valence-electron chi connectivity index (χ0n) is 10.3. The SMILES string of the molecule is CC(C)COCCNCCc1ccncc1. The van der Waals surface area contributed by atoms with Crippen molar-refractivity contribution >= 4 is 0 Å². The highest BCUT2D eigenvalue weighted by Gasteiger charge is 1.94. The molecule has 0 amide bonds. The minimum absolute atomic E-state index is 0.622. The average molecular weight is 222 g/mol. The van der Waals surface area contributed by atoms with E-state index in [1.54, 1.807) is 0 Å². The van der Waals surface area contributed by atoms with Crippen LogP contribution in [-0.4, -0.2) is 31.3 Å². The van der Waals surface area contributed by atoms with Crippen molar-refractivity contribution in [2.75, 3.05) is 26.3 Å². The summed E-state index contributed by atoms with van der Waals surface area (Å²) in [6.07, 6.45) is 4.72. The van der Waals surface area contributed by atoms with Crippen LogP contribution in [0.15, 0.2) is 24.5 Å². The molecular formula is C13H22N2O. The van der Waals surface area contributed by atoms with Crippen molar-refractivity contribution in [3.63, 3.8) is 0 Å². The highest BCUT2D eigenvalue weighted by Crippen LogP contribution is 1.95. The molecule has 1 aromatic heterocycles. The Kier molecular flexibility index (Phi) is 6.77. The molecule has 3 heteroatoms. The Morgan fingerprint density at radius 2 is 2.00 bits per heavy atom. The third-order valence-electron chi connectivity index (χ3n) is 2.21. The van der Waals surface area contributed by atoms with E-state index in [1.165, 1.54) is 5.56 Å². The number of aromatic nitrogens is 1. The van der Waals surface area contributed by atoms with Crippen molar-refractivity contribution in [3.05, 3.63) is 30.1 Å². The van der Waals surface area contributed by atoms with E-state index >= 15 is 0 Å². The summed E-state index contributed by atoms with van der Waals surface area (Å²) in [7, 11) is 0. The number of ether oxygens (including phenoxy) is 1. The van der Waals surface area contributed by atoms with Crippen LogP contribution in [0.25, 0.3) is 0 Å². The molecule has 0 fully saturated rings. The first-order valence-electron chi connectivity index (χ1n) is 5.96. The minimum Gasteiger partial charge on any atom is -0.380 e. The largest absolute Gasteiger partial charge is 0.380 e. The van der Waals surface area contributed by atoms with Crippen LogP contribution in [0.4, 0.5) is 0 Å². The summed E-state index contributed by atoms with van der Waals surface area (Å²) in [6.45, 7) is 7.90. The highest BCUT2D eigenvalue weighted by atomic mass is 16.5. The van der Waals surface area contributed by atoms with Crippen LogP contribution in [0, 0.1) is 5.92 Å². The fraction of sp³-hybridized carbons (Fsp3) is 0.615.